The average molecular weight is 622 g/mol. The van der Waals surface area contributed by atoms with Crippen molar-refractivity contribution in [3.8, 4) is 17.3 Å². The second kappa shape index (κ2) is 13.2. The molecular weight excluding hydrogens is 600 g/mol. The first-order valence-corrected chi connectivity index (χ1v) is 13.5. The minimum absolute atomic E-state index is 0.00461. The largest absolute Gasteiger partial charge is 0.463 e. The lowest BCUT2D eigenvalue weighted by molar-refractivity contribution is -0.212. The lowest BCUT2D eigenvalue weighted by atomic mass is 9.96. The number of carbonyl (C=O) groups is 3. The van der Waals surface area contributed by atoms with Crippen LogP contribution in [0.4, 0.5) is 8.78 Å². The lowest BCUT2D eigenvalue weighted by Crippen LogP contribution is -2.57. The number of carbonyl (C=O) groups excluding carboxylic acids is 3. The van der Waals surface area contributed by atoms with Crippen LogP contribution in [0.25, 0.3) is 11.3 Å². The van der Waals surface area contributed by atoms with Crippen molar-refractivity contribution in [1.82, 2.24) is 20.0 Å². The van der Waals surface area contributed by atoms with Gasteiger partial charge in [-0.05, 0) is 24.3 Å². The number of aromatic nitrogens is 4. The molecule has 0 saturated carbocycles. The highest BCUT2D eigenvalue weighted by Gasteiger charge is 2.52. The maximum absolute atomic E-state index is 13.9. The first kappa shape index (κ1) is 30.8. The Kier molecular flexibility index (Phi) is 9.71. The molecule has 3 aromatic rings. The van der Waals surface area contributed by atoms with E-state index in [0.29, 0.717) is 4.90 Å². The van der Waals surface area contributed by atoms with Gasteiger partial charge in [-0.15, -0.1) is 5.10 Å². The molecule has 0 aliphatic carbocycles. The molecule has 42 heavy (non-hydrogen) atoms. The average Bonchev–Trinajstić information content (AvgIpc) is 3.40. The minimum Gasteiger partial charge on any atom is -0.463 e. The Balaban J connectivity index is 1.81. The third-order valence-corrected chi connectivity index (χ3v) is 7.27. The van der Waals surface area contributed by atoms with E-state index >= 15 is 0 Å². The van der Waals surface area contributed by atoms with Gasteiger partial charge in [-0.1, -0.05) is 28.6 Å². The van der Waals surface area contributed by atoms with Crippen molar-refractivity contribution in [3.63, 3.8) is 0 Å². The van der Waals surface area contributed by atoms with Gasteiger partial charge in [0.2, 0.25) is 0 Å². The molecule has 2 aromatic heterocycles. The standard InChI is InChI=1S/C26H22ClF2N5O7S/c1-12(35)38-11-22-24(39-13(2)36)23(34-10-21(32-33-34)15-4-5-18(28)19(29)6-15)25(40-14(3)37)26(41-22)42-16-7-17(27)20(8-30)31-9-16/h4-7,9-10,22-26H,11H2,1-3H3/t22-,23+,24+,25-,26-/m1/s1. The predicted molar refractivity (Wildman–Crippen MR) is 141 cm³/mol. The van der Waals surface area contributed by atoms with Crippen LogP contribution in [0.5, 0.6) is 0 Å². The molecule has 1 aliphatic heterocycles. The van der Waals surface area contributed by atoms with Crippen molar-refractivity contribution < 1.29 is 42.1 Å². The zero-order chi connectivity index (χ0) is 30.6. The normalized spacial score (nSPS) is 21.7. The molecule has 0 unspecified atom stereocenters. The topological polar surface area (TPSA) is 156 Å². The second-order valence-corrected chi connectivity index (χ2v) is 10.5. The first-order chi connectivity index (χ1) is 20.0. The monoisotopic (exact) mass is 621 g/mol. The first-order valence-electron chi connectivity index (χ1n) is 12.2. The van der Waals surface area contributed by atoms with Crippen LogP contribution in [0.2, 0.25) is 5.02 Å². The minimum atomic E-state index is -1.23. The van der Waals surface area contributed by atoms with E-state index in [1.54, 1.807) is 0 Å². The Hall–Kier alpha value is -4.13. The summed E-state index contributed by atoms with van der Waals surface area (Å²) in [5.74, 6) is -4.22. The number of nitriles is 1. The van der Waals surface area contributed by atoms with Crippen molar-refractivity contribution in [2.75, 3.05) is 6.61 Å². The Morgan fingerprint density at radius 1 is 1.10 bits per heavy atom. The third-order valence-electron chi connectivity index (χ3n) is 5.88. The van der Waals surface area contributed by atoms with Crippen LogP contribution < -0.4 is 0 Å². The molecule has 5 atom stereocenters. The molecule has 0 bridgehead atoms. The Morgan fingerprint density at radius 3 is 2.43 bits per heavy atom. The fourth-order valence-corrected chi connectivity index (χ4v) is 5.58. The maximum Gasteiger partial charge on any atom is 0.303 e. The van der Waals surface area contributed by atoms with Gasteiger partial charge in [0, 0.05) is 37.4 Å². The summed E-state index contributed by atoms with van der Waals surface area (Å²) in [7, 11) is 0. The van der Waals surface area contributed by atoms with Crippen LogP contribution in [0.15, 0.2) is 41.6 Å². The van der Waals surface area contributed by atoms with Gasteiger partial charge < -0.3 is 18.9 Å². The highest BCUT2D eigenvalue weighted by atomic mass is 35.5. The van der Waals surface area contributed by atoms with E-state index in [9.17, 15) is 23.2 Å². The van der Waals surface area contributed by atoms with Crippen LogP contribution in [-0.4, -0.2) is 68.2 Å². The molecule has 4 rings (SSSR count). The third kappa shape index (κ3) is 7.19. The van der Waals surface area contributed by atoms with Crippen LogP contribution in [0.3, 0.4) is 0 Å². The molecule has 1 saturated heterocycles. The van der Waals surface area contributed by atoms with Crippen molar-refractivity contribution in [2.24, 2.45) is 0 Å². The van der Waals surface area contributed by atoms with E-state index in [1.807, 2.05) is 6.07 Å². The summed E-state index contributed by atoms with van der Waals surface area (Å²) in [6.07, 6.45) is -0.788. The van der Waals surface area contributed by atoms with Crippen molar-refractivity contribution in [3.05, 3.63) is 59.0 Å². The zero-order valence-electron chi connectivity index (χ0n) is 22.2. The zero-order valence-corrected chi connectivity index (χ0v) is 23.8. The Morgan fingerprint density at radius 2 is 1.81 bits per heavy atom. The quantitative estimate of drug-likeness (QED) is 0.266. The summed E-state index contributed by atoms with van der Waals surface area (Å²) in [5, 5.41) is 17.4. The van der Waals surface area contributed by atoms with Gasteiger partial charge in [-0.3, -0.25) is 14.4 Å². The molecule has 0 radical (unpaired) electrons. The highest BCUT2D eigenvalue weighted by molar-refractivity contribution is 7.99. The second-order valence-electron chi connectivity index (χ2n) is 8.93. The van der Waals surface area contributed by atoms with Crippen LogP contribution in [0.1, 0.15) is 32.5 Å². The van der Waals surface area contributed by atoms with Gasteiger partial charge in [-0.2, -0.15) is 5.26 Å². The summed E-state index contributed by atoms with van der Waals surface area (Å²) in [5.41, 5.74) is -0.726. The summed E-state index contributed by atoms with van der Waals surface area (Å²) in [4.78, 5) is 40.6. The Labute approximate surface area is 246 Å². The maximum atomic E-state index is 13.9. The van der Waals surface area contributed by atoms with Crippen LogP contribution >= 0.6 is 23.4 Å². The van der Waals surface area contributed by atoms with Gasteiger partial charge in [0.1, 0.15) is 36.0 Å². The molecule has 12 nitrogen and oxygen atoms in total. The fraction of sp³-hybridized carbons (Fsp3) is 0.346. The van der Waals surface area contributed by atoms with Gasteiger partial charge >= 0.3 is 17.9 Å². The smallest absolute Gasteiger partial charge is 0.303 e. The molecule has 1 fully saturated rings. The van der Waals surface area contributed by atoms with E-state index in [1.165, 1.54) is 43.1 Å². The van der Waals surface area contributed by atoms with E-state index in [-0.39, 0.29) is 28.6 Å². The summed E-state index contributed by atoms with van der Waals surface area (Å²) >= 11 is 7.18. The molecule has 3 heterocycles. The molecule has 0 spiro atoms. The van der Waals surface area contributed by atoms with Gasteiger partial charge in [0.25, 0.3) is 0 Å². The Bertz CT molecular complexity index is 1550. The number of thioether (sulfide) groups is 1. The van der Waals surface area contributed by atoms with Crippen molar-refractivity contribution in [1.29, 1.82) is 5.26 Å². The molecule has 0 amide bonds. The van der Waals surface area contributed by atoms with Crippen molar-refractivity contribution >= 4 is 41.3 Å². The number of ether oxygens (including phenoxy) is 4. The number of benzene rings is 1. The van der Waals surface area contributed by atoms with Gasteiger partial charge in [0.15, 0.2) is 29.5 Å². The number of halogens is 3. The molecule has 1 aliphatic rings. The number of esters is 3. The molecular formula is C26H22ClF2N5O7S. The number of pyridine rings is 1. The molecule has 16 heteroatoms. The predicted octanol–water partition coefficient (Wildman–Crippen LogP) is 3.63. The molecule has 1 aromatic carbocycles. The van der Waals surface area contributed by atoms with E-state index in [0.717, 1.165) is 30.8 Å². The molecule has 0 N–H and O–H groups in total. The van der Waals surface area contributed by atoms with E-state index in [2.05, 4.69) is 15.3 Å². The SMILES string of the molecule is CC(=O)OC[C@H]1O[C@H](Sc2cnc(C#N)c(Cl)c2)[C@H](OC(C)=O)[C@@H](n2cc(-c3ccc(F)c(F)c3)nn2)[C@H]1OC(C)=O. The lowest BCUT2D eigenvalue weighted by Gasteiger charge is -2.44. The fourth-order valence-electron chi connectivity index (χ4n) is 4.19. The number of hydrogen-bond donors (Lipinski definition) is 0. The highest BCUT2D eigenvalue weighted by Crippen LogP contribution is 2.42. The van der Waals surface area contributed by atoms with Crippen LogP contribution in [-0.2, 0) is 33.3 Å². The summed E-state index contributed by atoms with van der Waals surface area (Å²) < 4.78 is 51.3. The summed E-state index contributed by atoms with van der Waals surface area (Å²) in [6.45, 7) is 3.15. The van der Waals surface area contributed by atoms with E-state index in [4.69, 9.17) is 35.8 Å². The van der Waals surface area contributed by atoms with E-state index < -0.39 is 59.3 Å². The summed E-state index contributed by atoms with van der Waals surface area (Å²) in [6, 6.07) is 5.38. The number of nitrogens with zero attached hydrogens (tertiary/aromatic N) is 5. The van der Waals surface area contributed by atoms with Crippen molar-refractivity contribution in [2.45, 2.75) is 55.5 Å². The van der Waals surface area contributed by atoms with Gasteiger partial charge in [-0.25, -0.2) is 18.4 Å². The van der Waals surface area contributed by atoms with Gasteiger partial charge in [0.05, 0.1) is 11.2 Å². The number of rotatable bonds is 8. The molecule has 220 valence electrons. The van der Waals surface area contributed by atoms with Crippen LogP contribution in [0, 0.1) is 23.0 Å². The number of hydrogen-bond acceptors (Lipinski definition) is 12.